The molecule has 0 aliphatic heterocycles. The second-order valence-corrected chi connectivity index (χ2v) is 4.51. The zero-order chi connectivity index (χ0) is 14.5. The standard InChI is InChI=1S/C13H17F3N2O/c1-9(8-17)5-6-12(19)18-11-4-2-3-10(7-11)13(14,15)16/h2-4,7,9H,5-6,8,17H2,1H3,(H,18,19). The number of nitrogens with two attached hydrogens (primary N) is 1. The predicted octanol–water partition coefficient (Wildman–Crippen LogP) is 3.02. The molecule has 0 saturated carbocycles. The maximum absolute atomic E-state index is 12.5. The number of benzene rings is 1. The maximum Gasteiger partial charge on any atom is 0.416 e. The first-order valence-corrected chi connectivity index (χ1v) is 6.00. The monoisotopic (exact) mass is 274 g/mol. The SMILES string of the molecule is CC(CN)CCC(=O)Nc1cccc(C(F)(F)F)c1. The van der Waals surface area contributed by atoms with Crippen LogP contribution in [-0.2, 0) is 11.0 Å². The topological polar surface area (TPSA) is 55.1 Å². The van der Waals surface area contributed by atoms with Crippen LogP contribution >= 0.6 is 0 Å². The highest BCUT2D eigenvalue weighted by Crippen LogP contribution is 2.30. The van der Waals surface area contributed by atoms with Gasteiger partial charge >= 0.3 is 6.18 Å². The number of hydrogen-bond donors (Lipinski definition) is 2. The summed E-state index contributed by atoms with van der Waals surface area (Å²) >= 11 is 0. The lowest BCUT2D eigenvalue weighted by molar-refractivity contribution is -0.137. The Balaban J connectivity index is 2.60. The molecule has 1 rings (SSSR count). The van der Waals surface area contributed by atoms with Gasteiger partial charge in [-0.3, -0.25) is 4.79 Å². The average molecular weight is 274 g/mol. The van der Waals surface area contributed by atoms with E-state index in [-0.39, 0.29) is 23.9 Å². The lowest BCUT2D eigenvalue weighted by Gasteiger charge is -2.11. The van der Waals surface area contributed by atoms with Crippen LogP contribution in [0.1, 0.15) is 25.3 Å². The van der Waals surface area contributed by atoms with Gasteiger partial charge in [0.25, 0.3) is 0 Å². The molecule has 0 spiro atoms. The van der Waals surface area contributed by atoms with Crippen LogP contribution < -0.4 is 11.1 Å². The Labute approximate surface area is 110 Å². The van der Waals surface area contributed by atoms with Crippen LogP contribution in [0.5, 0.6) is 0 Å². The van der Waals surface area contributed by atoms with Crippen molar-refractivity contribution in [2.24, 2.45) is 11.7 Å². The molecule has 0 heterocycles. The van der Waals surface area contributed by atoms with Gasteiger partial charge in [-0.05, 0) is 37.1 Å². The highest BCUT2D eigenvalue weighted by molar-refractivity contribution is 5.90. The number of hydrogen-bond acceptors (Lipinski definition) is 2. The third-order valence-corrected chi connectivity index (χ3v) is 2.74. The highest BCUT2D eigenvalue weighted by Gasteiger charge is 2.30. The molecule has 3 nitrogen and oxygen atoms in total. The van der Waals surface area contributed by atoms with Crippen molar-refractivity contribution in [2.75, 3.05) is 11.9 Å². The van der Waals surface area contributed by atoms with Crippen molar-refractivity contribution in [1.82, 2.24) is 0 Å². The third kappa shape index (κ3) is 5.30. The van der Waals surface area contributed by atoms with Crippen molar-refractivity contribution < 1.29 is 18.0 Å². The number of rotatable bonds is 5. The van der Waals surface area contributed by atoms with Crippen LogP contribution in [0, 0.1) is 5.92 Å². The highest BCUT2D eigenvalue weighted by atomic mass is 19.4. The average Bonchev–Trinajstić information content (AvgIpc) is 2.35. The minimum atomic E-state index is -4.41. The lowest BCUT2D eigenvalue weighted by Crippen LogP contribution is -2.16. The maximum atomic E-state index is 12.5. The Kier molecular flexibility index (Phi) is 5.35. The molecule has 3 N–H and O–H groups in total. The Morgan fingerprint density at radius 2 is 2.11 bits per heavy atom. The molecular weight excluding hydrogens is 257 g/mol. The summed E-state index contributed by atoms with van der Waals surface area (Å²) in [5, 5.41) is 2.45. The number of nitrogens with one attached hydrogen (secondary N) is 1. The molecule has 1 aromatic rings. The number of carbonyl (C=O) groups is 1. The third-order valence-electron chi connectivity index (χ3n) is 2.74. The molecule has 1 unspecified atom stereocenters. The zero-order valence-corrected chi connectivity index (χ0v) is 10.6. The molecule has 0 radical (unpaired) electrons. The van der Waals surface area contributed by atoms with Gasteiger partial charge in [0.1, 0.15) is 0 Å². The van der Waals surface area contributed by atoms with Crippen molar-refractivity contribution in [1.29, 1.82) is 0 Å². The van der Waals surface area contributed by atoms with E-state index in [0.29, 0.717) is 13.0 Å². The van der Waals surface area contributed by atoms with E-state index in [1.54, 1.807) is 0 Å². The second-order valence-electron chi connectivity index (χ2n) is 4.51. The van der Waals surface area contributed by atoms with Crippen LogP contribution in [0.25, 0.3) is 0 Å². The molecule has 1 atom stereocenters. The predicted molar refractivity (Wildman–Crippen MR) is 67.5 cm³/mol. The fourth-order valence-corrected chi connectivity index (χ4v) is 1.49. The van der Waals surface area contributed by atoms with Crippen molar-refractivity contribution in [3.05, 3.63) is 29.8 Å². The first kappa shape index (κ1) is 15.5. The number of alkyl halides is 3. The van der Waals surface area contributed by atoms with Gasteiger partial charge in [0.15, 0.2) is 0 Å². The van der Waals surface area contributed by atoms with Gasteiger partial charge in [-0.2, -0.15) is 13.2 Å². The van der Waals surface area contributed by atoms with Gasteiger partial charge in [-0.25, -0.2) is 0 Å². The van der Waals surface area contributed by atoms with Crippen molar-refractivity contribution in [3.63, 3.8) is 0 Å². The Morgan fingerprint density at radius 1 is 1.42 bits per heavy atom. The van der Waals surface area contributed by atoms with Gasteiger partial charge in [-0.1, -0.05) is 13.0 Å². The lowest BCUT2D eigenvalue weighted by atomic mass is 10.1. The van der Waals surface area contributed by atoms with E-state index < -0.39 is 11.7 Å². The Hall–Kier alpha value is -1.56. The number of amides is 1. The molecule has 19 heavy (non-hydrogen) atoms. The van der Waals surface area contributed by atoms with Crippen LogP contribution in [0.15, 0.2) is 24.3 Å². The molecule has 0 saturated heterocycles. The van der Waals surface area contributed by atoms with Gasteiger partial charge < -0.3 is 11.1 Å². The van der Waals surface area contributed by atoms with Gasteiger partial charge in [0.05, 0.1) is 5.56 Å². The molecule has 0 aliphatic rings. The first-order chi connectivity index (χ1) is 8.82. The van der Waals surface area contributed by atoms with Gasteiger partial charge in [-0.15, -0.1) is 0 Å². The fourth-order valence-electron chi connectivity index (χ4n) is 1.49. The normalized spacial score (nSPS) is 13.1. The van der Waals surface area contributed by atoms with E-state index in [2.05, 4.69) is 5.32 Å². The number of anilines is 1. The molecule has 1 amide bonds. The van der Waals surface area contributed by atoms with Crippen LogP contribution in [-0.4, -0.2) is 12.5 Å². The molecule has 1 aromatic carbocycles. The summed E-state index contributed by atoms with van der Waals surface area (Å²) in [5.41, 5.74) is 4.80. The van der Waals surface area contributed by atoms with E-state index in [9.17, 15) is 18.0 Å². The molecule has 0 bridgehead atoms. The van der Waals surface area contributed by atoms with E-state index >= 15 is 0 Å². The van der Waals surface area contributed by atoms with Crippen LogP contribution in [0.2, 0.25) is 0 Å². The van der Waals surface area contributed by atoms with Crippen molar-refractivity contribution in [3.8, 4) is 0 Å². The summed E-state index contributed by atoms with van der Waals surface area (Å²) in [5.74, 6) is -0.0908. The molecule has 0 aliphatic carbocycles. The summed E-state index contributed by atoms with van der Waals surface area (Å²) in [4.78, 5) is 11.6. The molecule has 6 heteroatoms. The quantitative estimate of drug-likeness (QED) is 0.867. The van der Waals surface area contributed by atoms with Gasteiger partial charge in [0, 0.05) is 12.1 Å². The molecular formula is C13H17F3N2O. The van der Waals surface area contributed by atoms with E-state index in [1.807, 2.05) is 6.92 Å². The summed E-state index contributed by atoms with van der Waals surface area (Å²) in [6.45, 7) is 2.40. The summed E-state index contributed by atoms with van der Waals surface area (Å²) in [6, 6.07) is 4.58. The Morgan fingerprint density at radius 3 is 2.68 bits per heavy atom. The first-order valence-electron chi connectivity index (χ1n) is 6.00. The smallest absolute Gasteiger partial charge is 0.330 e. The summed E-state index contributed by atoms with van der Waals surface area (Å²) in [7, 11) is 0. The zero-order valence-electron chi connectivity index (χ0n) is 10.6. The van der Waals surface area contributed by atoms with Crippen LogP contribution in [0.3, 0.4) is 0 Å². The number of halogens is 3. The van der Waals surface area contributed by atoms with Crippen LogP contribution in [0.4, 0.5) is 18.9 Å². The largest absolute Gasteiger partial charge is 0.416 e. The second kappa shape index (κ2) is 6.56. The van der Waals surface area contributed by atoms with E-state index in [1.165, 1.54) is 12.1 Å². The van der Waals surface area contributed by atoms with E-state index in [0.717, 1.165) is 12.1 Å². The number of carbonyl (C=O) groups excluding carboxylic acids is 1. The van der Waals surface area contributed by atoms with E-state index in [4.69, 9.17) is 5.73 Å². The minimum absolute atomic E-state index is 0.153. The summed E-state index contributed by atoms with van der Waals surface area (Å²) in [6.07, 6.45) is -3.55. The minimum Gasteiger partial charge on any atom is -0.330 e. The molecule has 0 fully saturated rings. The van der Waals surface area contributed by atoms with Crippen molar-refractivity contribution in [2.45, 2.75) is 25.9 Å². The Bertz CT molecular complexity index is 432. The van der Waals surface area contributed by atoms with Crippen molar-refractivity contribution >= 4 is 11.6 Å². The fraction of sp³-hybridized carbons (Fsp3) is 0.462. The molecule has 0 aromatic heterocycles. The van der Waals surface area contributed by atoms with Gasteiger partial charge in [0.2, 0.25) is 5.91 Å². The molecule has 106 valence electrons. The summed E-state index contributed by atoms with van der Waals surface area (Å²) < 4.78 is 37.4.